The van der Waals surface area contributed by atoms with Crippen molar-refractivity contribution >= 4 is 28.4 Å². The molecule has 1 aromatic carbocycles. The summed E-state index contributed by atoms with van der Waals surface area (Å²) < 4.78 is 26.8. The minimum atomic E-state index is -1.00. The topological polar surface area (TPSA) is 65.2 Å². The van der Waals surface area contributed by atoms with Crippen LogP contribution < -0.4 is 5.32 Å². The normalized spacial score (nSPS) is 19.4. The highest BCUT2D eigenvalue weighted by atomic mass is 19.2. The van der Waals surface area contributed by atoms with E-state index in [4.69, 9.17) is 0 Å². The van der Waals surface area contributed by atoms with Gasteiger partial charge in [0.05, 0.1) is 11.2 Å². The highest BCUT2D eigenvalue weighted by Gasteiger charge is 2.37. The Hall–Kier alpha value is -2.44. The molecule has 2 aromatic rings. The maximum Gasteiger partial charge on any atom is 0.313 e. The lowest BCUT2D eigenvalue weighted by atomic mass is 9.68. The Morgan fingerprint density at radius 3 is 2.37 bits per heavy atom. The second kappa shape index (κ2) is 6.94. The van der Waals surface area contributed by atoms with Crippen LogP contribution in [0.2, 0.25) is 0 Å². The van der Waals surface area contributed by atoms with Crippen molar-refractivity contribution in [3.8, 4) is 0 Å². The van der Waals surface area contributed by atoms with Crippen molar-refractivity contribution in [1.29, 1.82) is 0 Å². The second-order valence-corrected chi connectivity index (χ2v) is 7.82. The number of likely N-dealkylation sites (tertiary alicyclic amines) is 1. The number of halogens is 2. The molecular formula is C20H23F2N3O2. The minimum absolute atomic E-state index is 0.267. The first-order chi connectivity index (χ1) is 13.0. The molecule has 0 atom stereocenters. The van der Waals surface area contributed by atoms with Gasteiger partial charge in [-0.3, -0.25) is 9.59 Å². The number of anilines is 1. The van der Waals surface area contributed by atoms with Gasteiger partial charge < -0.3 is 15.2 Å². The highest BCUT2D eigenvalue weighted by molar-refractivity contribution is 6.40. The van der Waals surface area contributed by atoms with Crippen molar-refractivity contribution < 1.29 is 18.4 Å². The Labute approximate surface area is 156 Å². The number of rotatable bonds is 1. The number of hydrogen-bond acceptors (Lipinski definition) is 2. The monoisotopic (exact) mass is 375 g/mol. The molecular weight excluding hydrogens is 352 g/mol. The number of aromatic nitrogens is 1. The van der Waals surface area contributed by atoms with Gasteiger partial charge in [0, 0.05) is 30.7 Å². The third-order valence-corrected chi connectivity index (χ3v) is 6.19. The van der Waals surface area contributed by atoms with Gasteiger partial charge in [0.1, 0.15) is 0 Å². The van der Waals surface area contributed by atoms with E-state index in [0.717, 1.165) is 25.0 Å². The number of H-pyrrole nitrogens is 1. The van der Waals surface area contributed by atoms with Crippen LogP contribution in [0.1, 0.15) is 44.9 Å². The molecule has 27 heavy (non-hydrogen) atoms. The molecule has 144 valence electrons. The summed E-state index contributed by atoms with van der Waals surface area (Å²) in [7, 11) is 0. The van der Waals surface area contributed by atoms with Crippen molar-refractivity contribution in [3.63, 3.8) is 0 Å². The highest BCUT2D eigenvalue weighted by Crippen LogP contribution is 2.44. The van der Waals surface area contributed by atoms with Gasteiger partial charge in [0.15, 0.2) is 11.6 Å². The molecule has 2 N–H and O–H groups in total. The smallest absolute Gasteiger partial charge is 0.313 e. The molecule has 0 radical (unpaired) electrons. The molecule has 7 heteroatoms. The maximum atomic E-state index is 13.5. The summed E-state index contributed by atoms with van der Waals surface area (Å²) in [6.45, 7) is 1.19. The van der Waals surface area contributed by atoms with E-state index in [2.05, 4.69) is 10.3 Å². The van der Waals surface area contributed by atoms with Crippen LogP contribution in [0.15, 0.2) is 18.3 Å². The van der Waals surface area contributed by atoms with Crippen molar-refractivity contribution in [2.75, 3.05) is 18.4 Å². The largest absolute Gasteiger partial charge is 0.359 e. The van der Waals surface area contributed by atoms with E-state index in [9.17, 15) is 18.4 Å². The molecule has 2 aliphatic rings. The number of fused-ring (bicyclic) bond motifs is 1. The average molecular weight is 375 g/mol. The molecule has 1 saturated carbocycles. The summed E-state index contributed by atoms with van der Waals surface area (Å²) in [5.41, 5.74) is 0.973. The van der Waals surface area contributed by atoms with Gasteiger partial charge in [-0.1, -0.05) is 19.3 Å². The first-order valence-electron chi connectivity index (χ1n) is 9.54. The lowest BCUT2D eigenvalue weighted by molar-refractivity contribution is -0.145. The molecule has 0 bridgehead atoms. The fourth-order valence-electron chi connectivity index (χ4n) is 4.53. The van der Waals surface area contributed by atoms with Gasteiger partial charge in [0.2, 0.25) is 0 Å². The third-order valence-electron chi connectivity index (χ3n) is 6.19. The SMILES string of the molecule is O=C(Nc1c[nH]c2cc(F)c(F)cc12)C(=O)N1CCC2(CCCCC2)CC1. The van der Waals surface area contributed by atoms with Gasteiger partial charge in [-0.25, -0.2) is 8.78 Å². The Bertz CT molecular complexity index is 877. The number of aromatic amines is 1. The van der Waals surface area contributed by atoms with Crippen molar-refractivity contribution in [2.45, 2.75) is 44.9 Å². The molecule has 2 amide bonds. The minimum Gasteiger partial charge on any atom is -0.359 e. The second-order valence-electron chi connectivity index (χ2n) is 7.82. The van der Waals surface area contributed by atoms with Crippen LogP contribution in [0.25, 0.3) is 10.9 Å². The van der Waals surface area contributed by atoms with Crippen LogP contribution in [0.4, 0.5) is 14.5 Å². The lowest BCUT2D eigenvalue weighted by Crippen LogP contribution is -2.47. The zero-order chi connectivity index (χ0) is 19.0. The third kappa shape index (κ3) is 3.42. The molecule has 2 fully saturated rings. The van der Waals surface area contributed by atoms with Crippen molar-refractivity contribution in [2.24, 2.45) is 5.41 Å². The number of nitrogens with zero attached hydrogens (tertiary/aromatic N) is 1. The number of piperidine rings is 1. The number of hydrogen-bond donors (Lipinski definition) is 2. The van der Waals surface area contributed by atoms with Gasteiger partial charge in [-0.15, -0.1) is 0 Å². The average Bonchev–Trinajstić information content (AvgIpc) is 3.04. The number of nitrogens with one attached hydrogen (secondary N) is 2. The molecule has 5 nitrogen and oxygen atoms in total. The van der Waals surface area contributed by atoms with Crippen LogP contribution in [0, 0.1) is 17.0 Å². The molecule has 1 aliphatic heterocycles. The quantitative estimate of drug-likeness (QED) is 0.741. The van der Waals surface area contributed by atoms with Crippen LogP contribution in [0.5, 0.6) is 0 Å². The first-order valence-corrected chi connectivity index (χ1v) is 9.54. The van der Waals surface area contributed by atoms with Crippen LogP contribution >= 0.6 is 0 Å². The molecule has 1 aliphatic carbocycles. The summed E-state index contributed by atoms with van der Waals surface area (Å²) in [6.07, 6.45) is 9.58. The van der Waals surface area contributed by atoms with E-state index < -0.39 is 23.4 Å². The molecule has 1 aromatic heterocycles. The predicted molar refractivity (Wildman–Crippen MR) is 98.2 cm³/mol. The fraction of sp³-hybridized carbons (Fsp3) is 0.500. The van der Waals surface area contributed by atoms with Gasteiger partial charge in [-0.05, 0) is 37.2 Å². The number of carbonyl (C=O) groups excluding carboxylic acids is 2. The van der Waals surface area contributed by atoms with Gasteiger partial charge in [0.25, 0.3) is 0 Å². The van der Waals surface area contributed by atoms with Crippen LogP contribution in [-0.4, -0.2) is 34.8 Å². The Kier molecular flexibility index (Phi) is 4.61. The number of carbonyl (C=O) groups is 2. The standard InChI is InChI=1S/C20H23F2N3O2/c21-14-10-13-16(11-15(14)22)23-12-17(13)24-18(26)19(27)25-8-6-20(7-9-25)4-2-1-3-5-20/h10-12,23H,1-9H2,(H,24,26). The van der Waals surface area contributed by atoms with E-state index in [0.29, 0.717) is 29.4 Å². The Balaban J connectivity index is 1.41. The van der Waals surface area contributed by atoms with Crippen LogP contribution in [-0.2, 0) is 9.59 Å². The van der Waals surface area contributed by atoms with Gasteiger partial charge in [-0.2, -0.15) is 0 Å². The summed E-state index contributed by atoms with van der Waals surface area (Å²) in [6, 6.07) is 2.03. The molecule has 1 spiro atoms. The molecule has 0 unspecified atom stereocenters. The molecule has 1 saturated heterocycles. The van der Waals surface area contributed by atoms with E-state index >= 15 is 0 Å². The molecule has 2 heterocycles. The van der Waals surface area contributed by atoms with E-state index in [1.54, 1.807) is 4.90 Å². The Morgan fingerprint density at radius 2 is 1.67 bits per heavy atom. The summed E-state index contributed by atoms with van der Waals surface area (Å²) >= 11 is 0. The van der Waals surface area contributed by atoms with Crippen LogP contribution in [0.3, 0.4) is 0 Å². The zero-order valence-corrected chi connectivity index (χ0v) is 15.1. The van der Waals surface area contributed by atoms with E-state index in [1.807, 2.05) is 0 Å². The number of benzene rings is 1. The predicted octanol–water partition coefficient (Wildman–Crippen LogP) is 3.96. The lowest BCUT2D eigenvalue weighted by Gasteiger charge is -2.44. The number of amides is 2. The summed E-state index contributed by atoms with van der Waals surface area (Å²) in [4.78, 5) is 29.3. The first kappa shape index (κ1) is 17.9. The molecule has 4 rings (SSSR count). The van der Waals surface area contributed by atoms with E-state index in [-0.39, 0.29) is 5.69 Å². The van der Waals surface area contributed by atoms with E-state index in [1.165, 1.54) is 38.3 Å². The van der Waals surface area contributed by atoms with Crippen molar-refractivity contribution in [1.82, 2.24) is 9.88 Å². The summed E-state index contributed by atoms with van der Waals surface area (Å²) in [5, 5.41) is 2.86. The summed E-state index contributed by atoms with van der Waals surface area (Å²) in [5.74, 6) is -3.29. The van der Waals surface area contributed by atoms with Crippen molar-refractivity contribution in [3.05, 3.63) is 30.0 Å². The fourth-order valence-corrected chi connectivity index (χ4v) is 4.53. The zero-order valence-electron chi connectivity index (χ0n) is 15.1. The maximum absolute atomic E-state index is 13.5. The Morgan fingerprint density at radius 1 is 1.00 bits per heavy atom. The van der Waals surface area contributed by atoms with Gasteiger partial charge >= 0.3 is 11.8 Å².